The Kier molecular flexibility index (Phi) is 4.05. The van der Waals surface area contributed by atoms with Gasteiger partial charge in [0.05, 0.1) is 24.6 Å². The number of hydrogen-bond donors (Lipinski definition) is 1. The van der Waals surface area contributed by atoms with Gasteiger partial charge in [-0.3, -0.25) is 19.3 Å². The number of methoxy groups -OCH3 is 1. The number of carbonyl (C=O) groups is 3. The molecule has 3 amide bonds. The molecule has 0 radical (unpaired) electrons. The number of benzene rings is 2. The highest BCUT2D eigenvalue weighted by molar-refractivity contribution is 6.25. The molecule has 3 fully saturated rings. The summed E-state index contributed by atoms with van der Waals surface area (Å²) in [5, 5.41) is 3.03. The molecule has 7 heteroatoms. The minimum absolute atomic E-state index is 0.110. The fourth-order valence-electron chi connectivity index (χ4n) is 6.46. The quantitative estimate of drug-likeness (QED) is 0.756. The molecule has 0 unspecified atom stereocenters. The van der Waals surface area contributed by atoms with Crippen molar-refractivity contribution in [2.75, 3.05) is 23.9 Å². The lowest BCUT2D eigenvalue weighted by Crippen LogP contribution is -2.54. The number of aryl methyl sites for hydroxylation is 1. The average molecular weight is 431 g/mol. The van der Waals surface area contributed by atoms with Gasteiger partial charge in [-0.2, -0.15) is 0 Å². The number of hydrogen-bond acceptors (Lipinski definition) is 5. The number of anilines is 2. The Labute approximate surface area is 186 Å². The van der Waals surface area contributed by atoms with Crippen molar-refractivity contribution in [3.05, 3.63) is 53.6 Å². The average Bonchev–Trinajstić information content (AvgIpc) is 3.52. The molecule has 0 saturated carbocycles. The highest BCUT2D eigenvalue weighted by atomic mass is 16.5. The van der Waals surface area contributed by atoms with Crippen molar-refractivity contribution in [1.29, 1.82) is 0 Å². The van der Waals surface area contributed by atoms with Crippen LogP contribution in [-0.2, 0) is 26.3 Å². The molecule has 0 aliphatic carbocycles. The molecule has 3 saturated heterocycles. The maximum atomic E-state index is 13.9. The van der Waals surface area contributed by atoms with Gasteiger partial charge in [0.25, 0.3) is 0 Å². The van der Waals surface area contributed by atoms with E-state index in [0.29, 0.717) is 18.0 Å². The molecule has 0 aromatic heterocycles. The first-order valence-electron chi connectivity index (χ1n) is 11.3. The largest absolute Gasteiger partial charge is 0.497 e. The normalized spacial score (nSPS) is 30.6. The number of fused-ring (bicyclic) bond motifs is 7. The van der Waals surface area contributed by atoms with E-state index in [1.54, 1.807) is 31.4 Å². The van der Waals surface area contributed by atoms with E-state index in [9.17, 15) is 14.4 Å². The van der Waals surface area contributed by atoms with Crippen LogP contribution >= 0.6 is 0 Å². The van der Waals surface area contributed by atoms with E-state index in [1.807, 2.05) is 12.1 Å². The Morgan fingerprint density at radius 3 is 2.59 bits per heavy atom. The van der Waals surface area contributed by atoms with Gasteiger partial charge in [-0.1, -0.05) is 19.1 Å². The molecule has 32 heavy (non-hydrogen) atoms. The maximum Gasteiger partial charge on any atom is 0.250 e. The third-order valence-corrected chi connectivity index (χ3v) is 7.80. The molecule has 4 aliphatic heterocycles. The number of rotatable bonds is 3. The Hall–Kier alpha value is -3.19. The van der Waals surface area contributed by atoms with Crippen molar-refractivity contribution < 1.29 is 19.1 Å². The SMILES string of the molecule is CCc1ccc2c(c1)[C@]1(C(=O)N2)[C@@H]2C(=O)N(c3ccc(OC)cc3)C(=O)[C@@H]2[C@@H]2CCCN21. The molecule has 7 nitrogen and oxygen atoms in total. The lowest BCUT2D eigenvalue weighted by Gasteiger charge is -2.36. The zero-order chi connectivity index (χ0) is 22.2. The molecule has 4 atom stereocenters. The summed E-state index contributed by atoms with van der Waals surface area (Å²) in [6.07, 6.45) is 2.56. The fourth-order valence-corrected chi connectivity index (χ4v) is 6.46. The van der Waals surface area contributed by atoms with Gasteiger partial charge in [0.1, 0.15) is 11.3 Å². The van der Waals surface area contributed by atoms with Crippen LogP contribution in [-0.4, -0.2) is 42.3 Å². The molecule has 6 rings (SSSR count). The standard InChI is InChI=1S/C25H25N3O4/c1-3-14-6-11-18-17(13-14)25(24(31)26-18)21-20(19-5-4-12-27(19)25)22(29)28(23(21)30)15-7-9-16(32-2)10-8-15/h6-11,13,19-21H,3-5,12H2,1-2H3,(H,26,31)/t19-,20+,21-,25+/m0/s1. The molecule has 4 aliphatic rings. The second-order valence-electron chi connectivity index (χ2n) is 9.07. The molecule has 4 heterocycles. The first-order valence-corrected chi connectivity index (χ1v) is 11.3. The minimum atomic E-state index is -1.12. The molecule has 0 bridgehead atoms. The number of nitrogens with one attached hydrogen (secondary N) is 1. The Morgan fingerprint density at radius 1 is 1.09 bits per heavy atom. The molecule has 1 N–H and O–H groups in total. The monoisotopic (exact) mass is 431 g/mol. The summed E-state index contributed by atoms with van der Waals surface area (Å²) in [7, 11) is 1.57. The first kappa shape index (κ1) is 19.5. The first-order chi connectivity index (χ1) is 15.5. The van der Waals surface area contributed by atoms with E-state index < -0.39 is 17.4 Å². The molecule has 164 valence electrons. The highest BCUT2D eigenvalue weighted by Crippen LogP contribution is 2.60. The number of imide groups is 1. The van der Waals surface area contributed by atoms with Gasteiger partial charge in [0.2, 0.25) is 17.7 Å². The van der Waals surface area contributed by atoms with Gasteiger partial charge in [-0.15, -0.1) is 0 Å². The minimum Gasteiger partial charge on any atom is -0.497 e. The van der Waals surface area contributed by atoms with Crippen molar-refractivity contribution in [2.45, 2.75) is 37.8 Å². The van der Waals surface area contributed by atoms with Crippen LogP contribution in [0.2, 0.25) is 0 Å². The van der Waals surface area contributed by atoms with E-state index in [1.165, 1.54) is 4.90 Å². The van der Waals surface area contributed by atoms with E-state index in [0.717, 1.165) is 36.1 Å². The van der Waals surface area contributed by atoms with Crippen molar-refractivity contribution in [2.24, 2.45) is 11.8 Å². The molecule has 2 aromatic rings. The third kappa shape index (κ3) is 2.21. The van der Waals surface area contributed by atoms with Crippen molar-refractivity contribution >= 4 is 29.1 Å². The molecular formula is C25H25N3O4. The van der Waals surface area contributed by atoms with Crippen LogP contribution in [0.4, 0.5) is 11.4 Å². The fraction of sp³-hybridized carbons (Fsp3) is 0.400. The Morgan fingerprint density at radius 2 is 1.88 bits per heavy atom. The van der Waals surface area contributed by atoms with E-state index in [4.69, 9.17) is 4.74 Å². The van der Waals surface area contributed by atoms with Gasteiger partial charge >= 0.3 is 0 Å². The predicted octanol–water partition coefficient (Wildman–Crippen LogP) is 2.69. The van der Waals surface area contributed by atoms with Crippen molar-refractivity contribution in [3.63, 3.8) is 0 Å². The predicted molar refractivity (Wildman–Crippen MR) is 118 cm³/mol. The van der Waals surface area contributed by atoms with Gasteiger partial charge in [0.15, 0.2) is 0 Å². The summed E-state index contributed by atoms with van der Waals surface area (Å²) < 4.78 is 5.22. The van der Waals surface area contributed by atoms with Crippen LogP contribution in [0.15, 0.2) is 42.5 Å². The van der Waals surface area contributed by atoms with Crippen LogP contribution in [0.3, 0.4) is 0 Å². The number of nitrogens with zero attached hydrogens (tertiary/aromatic N) is 2. The number of ether oxygens (including phenoxy) is 1. The second-order valence-corrected chi connectivity index (χ2v) is 9.07. The summed E-state index contributed by atoms with van der Waals surface area (Å²) in [6.45, 7) is 2.79. The van der Waals surface area contributed by atoms with E-state index in [2.05, 4.69) is 23.2 Å². The molecular weight excluding hydrogens is 406 g/mol. The van der Waals surface area contributed by atoms with Crippen LogP contribution in [0.25, 0.3) is 0 Å². The van der Waals surface area contributed by atoms with Crippen LogP contribution in [0, 0.1) is 11.8 Å². The van der Waals surface area contributed by atoms with Gasteiger partial charge < -0.3 is 10.1 Å². The van der Waals surface area contributed by atoms with Crippen LogP contribution in [0.5, 0.6) is 5.75 Å². The van der Waals surface area contributed by atoms with Crippen molar-refractivity contribution in [3.8, 4) is 5.75 Å². The summed E-state index contributed by atoms with van der Waals surface area (Å²) in [4.78, 5) is 44.7. The van der Waals surface area contributed by atoms with Crippen LogP contribution in [0.1, 0.15) is 30.9 Å². The number of amides is 3. The van der Waals surface area contributed by atoms with Gasteiger partial charge in [0, 0.05) is 17.3 Å². The molecule has 2 aromatic carbocycles. The summed E-state index contributed by atoms with van der Waals surface area (Å²) >= 11 is 0. The van der Waals surface area contributed by atoms with Crippen LogP contribution < -0.4 is 15.0 Å². The lowest BCUT2D eigenvalue weighted by molar-refractivity contribution is -0.135. The van der Waals surface area contributed by atoms with E-state index >= 15 is 0 Å². The summed E-state index contributed by atoms with van der Waals surface area (Å²) in [5.74, 6) is -1.26. The summed E-state index contributed by atoms with van der Waals surface area (Å²) in [5.41, 5.74) is 2.11. The zero-order valence-corrected chi connectivity index (χ0v) is 18.1. The Balaban J connectivity index is 1.52. The summed E-state index contributed by atoms with van der Waals surface area (Å²) in [6, 6.07) is 12.8. The van der Waals surface area contributed by atoms with Gasteiger partial charge in [-0.05, 0) is 61.7 Å². The third-order valence-electron chi connectivity index (χ3n) is 7.80. The Bertz CT molecular complexity index is 1160. The lowest BCUT2D eigenvalue weighted by atomic mass is 9.75. The van der Waals surface area contributed by atoms with E-state index in [-0.39, 0.29) is 23.8 Å². The maximum absolute atomic E-state index is 13.9. The zero-order valence-electron chi connectivity index (χ0n) is 18.1. The highest BCUT2D eigenvalue weighted by Gasteiger charge is 2.74. The van der Waals surface area contributed by atoms with Crippen molar-refractivity contribution in [1.82, 2.24) is 4.90 Å². The number of carbonyl (C=O) groups excluding carboxylic acids is 3. The second kappa shape index (κ2) is 6.65. The molecule has 1 spiro atoms. The topological polar surface area (TPSA) is 79.0 Å². The smallest absolute Gasteiger partial charge is 0.250 e. The van der Waals surface area contributed by atoms with Gasteiger partial charge in [-0.25, -0.2) is 4.90 Å².